The maximum absolute atomic E-state index is 13.4. The molecular weight excluding hydrogens is 381 g/mol. The minimum Gasteiger partial charge on any atom is -0.207 e. The van der Waals surface area contributed by atoms with Crippen LogP contribution in [0.4, 0.5) is 8.78 Å². The van der Waals surface area contributed by atoms with E-state index in [1.807, 2.05) is 0 Å². The smallest absolute Gasteiger partial charge is 0.123 e. The fraction of sp³-hybridized carbons (Fsp3) is 0.250. The molecule has 2 aromatic carbocycles. The molecule has 0 saturated carbocycles. The normalized spacial score (nSPS) is 11.7. The molecule has 0 fully saturated rings. The van der Waals surface area contributed by atoms with Crippen LogP contribution in [0.3, 0.4) is 0 Å². The van der Waals surface area contributed by atoms with Crippen LogP contribution in [0.2, 0.25) is 0 Å². The average Bonchev–Trinajstić information content (AvgIpc) is 2.49. The lowest BCUT2D eigenvalue weighted by Gasteiger charge is -2.31. The van der Waals surface area contributed by atoms with Crippen molar-refractivity contribution in [2.24, 2.45) is 0 Å². The molecule has 2 aromatic rings. The highest BCUT2D eigenvalue weighted by Crippen LogP contribution is 2.34. The third kappa shape index (κ3) is 3.77. The summed E-state index contributed by atoms with van der Waals surface area (Å²) in [5, 5.41) is 0. The van der Waals surface area contributed by atoms with Crippen molar-refractivity contribution >= 4 is 39.1 Å². The van der Waals surface area contributed by atoms with Gasteiger partial charge in [-0.15, -0.1) is 23.2 Å². The molecule has 0 aliphatic carbocycles. The van der Waals surface area contributed by atoms with Gasteiger partial charge in [0.05, 0.1) is 0 Å². The van der Waals surface area contributed by atoms with E-state index in [9.17, 15) is 8.78 Å². The number of hydrogen-bond acceptors (Lipinski definition) is 0. The molecule has 0 heterocycles. The third-order valence-electron chi connectivity index (χ3n) is 3.50. The maximum atomic E-state index is 13.4. The second-order valence-corrected chi connectivity index (χ2v) is 6.36. The van der Waals surface area contributed by atoms with Gasteiger partial charge in [0, 0.05) is 21.6 Å². The zero-order valence-electron chi connectivity index (χ0n) is 11.1. The van der Waals surface area contributed by atoms with Gasteiger partial charge in [-0.05, 0) is 47.9 Å². The lowest BCUT2D eigenvalue weighted by molar-refractivity contribution is 0.529. The van der Waals surface area contributed by atoms with Gasteiger partial charge < -0.3 is 0 Å². The minimum atomic E-state index is -0.576. The number of benzene rings is 2. The van der Waals surface area contributed by atoms with Crippen molar-refractivity contribution in [3.05, 3.63) is 69.7 Å². The first-order chi connectivity index (χ1) is 10.0. The summed E-state index contributed by atoms with van der Waals surface area (Å²) < 4.78 is 27.3. The Morgan fingerprint density at radius 2 is 1.48 bits per heavy atom. The molecule has 0 aliphatic rings. The molecule has 0 spiro atoms. The lowest BCUT2D eigenvalue weighted by Crippen LogP contribution is -2.33. The van der Waals surface area contributed by atoms with Crippen molar-refractivity contribution in [2.75, 3.05) is 11.8 Å². The van der Waals surface area contributed by atoms with Crippen molar-refractivity contribution in [3.8, 4) is 0 Å². The van der Waals surface area contributed by atoms with Crippen molar-refractivity contribution in [1.82, 2.24) is 0 Å². The van der Waals surface area contributed by atoms with Crippen molar-refractivity contribution in [3.63, 3.8) is 0 Å². The fourth-order valence-corrected chi connectivity index (χ4v) is 3.40. The van der Waals surface area contributed by atoms with Gasteiger partial charge in [0.1, 0.15) is 11.6 Å². The molecule has 0 aliphatic heterocycles. The predicted molar refractivity (Wildman–Crippen MR) is 87.3 cm³/mol. The van der Waals surface area contributed by atoms with Gasteiger partial charge in [0.15, 0.2) is 0 Å². The molecule has 5 heteroatoms. The molecule has 0 aromatic heterocycles. The first-order valence-electron chi connectivity index (χ1n) is 6.33. The van der Waals surface area contributed by atoms with Crippen LogP contribution in [0.5, 0.6) is 0 Å². The van der Waals surface area contributed by atoms with Crippen LogP contribution in [0.25, 0.3) is 0 Å². The second kappa shape index (κ2) is 7.08. The van der Waals surface area contributed by atoms with Crippen molar-refractivity contribution in [1.29, 1.82) is 0 Å². The number of alkyl halides is 2. The highest BCUT2D eigenvalue weighted by atomic mass is 79.9. The van der Waals surface area contributed by atoms with Crippen molar-refractivity contribution < 1.29 is 8.78 Å². The summed E-state index contributed by atoms with van der Waals surface area (Å²) in [6.07, 6.45) is 0.462. The van der Waals surface area contributed by atoms with E-state index in [1.54, 1.807) is 18.2 Å². The van der Waals surface area contributed by atoms with Crippen LogP contribution in [0.15, 0.2) is 46.9 Å². The van der Waals surface area contributed by atoms with Gasteiger partial charge in [-0.25, -0.2) is 8.78 Å². The zero-order chi connectivity index (χ0) is 15.5. The Morgan fingerprint density at radius 3 is 2.05 bits per heavy atom. The summed E-state index contributed by atoms with van der Waals surface area (Å²) >= 11 is 15.7. The van der Waals surface area contributed by atoms with Crippen LogP contribution >= 0.6 is 39.1 Å². The summed E-state index contributed by atoms with van der Waals surface area (Å²) in [6, 6.07) is 10.6. The Balaban J connectivity index is 2.42. The second-order valence-electron chi connectivity index (χ2n) is 4.97. The molecular formula is C16H13BrCl2F2. The molecule has 0 atom stereocenters. The largest absolute Gasteiger partial charge is 0.207 e. The minimum absolute atomic E-state index is 0.255. The summed E-state index contributed by atoms with van der Waals surface area (Å²) in [5.74, 6) is -0.120. The Kier molecular flexibility index (Phi) is 5.64. The first-order valence-corrected chi connectivity index (χ1v) is 8.19. The van der Waals surface area contributed by atoms with E-state index in [0.717, 1.165) is 15.6 Å². The van der Waals surface area contributed by atoms with Crippen molar-refractivity contribution in [2.45, 2.75) is 11.8 Å². The third-order valence-corrected chi connectivity index (χ3v) is 5.30. The Bertz CT molecular complexity index is 610. The molecule has 0 unspecified atom stereocenters. The summed E-state index contributed by atoms with van der Waals surface area (Å²) in [5.41, 5.74) is 1.04. The molecule has 0 bridgehead atoms. The summed E-state index contributed by atoms with van der Waals surface area (Å²) in [4.78, 5) is 0. The Morgan fingerprint density at radius 1 is 0.905 bits per heavy atom. The first kappa shape index (κ1) is 16.7. The molecule has 112 valence electrons. The van der Waals surface area contributed by atoms with Gasteiger partial charge in [0.25, 0.3) is 0 Å². The molecule has 21 heavy (non-hydrogen) atoms. The van der Waals surface area contributed by atoms with E-state index in [-0.39, 0.29) is 23.4 Å². The highest BCUT2D eigenvalue weighted by Gasteiger charge is 2.32. The molecule has 0 amide bonds. The van der Waals surface area contributed by atoms with E-state index in [0.29, 0.717) is 6.42 Å². The van der Waals surface area contributed by atoms with E-state index >= 15 is 0 Å². The summed E-state index contributed by atoms with van der Waals surface area (Å²) in [7, 11) is 0. The van der Waals surface area contributed by atoms with Crippen LogP contribution < -0.4 is 0 Å². The molecule has 0 saturated heterocycles. The van der Waals surface area contributed by atoms with Gasteiger partial charge in [-0.3, -0.25) is 0 Å². The van der Waals surface area contributed by atoms with Gasteiger partial charge in [-0.2, -0.15) is 0 Å². The molecule has 0 nitrogen and oxygen atoms in total. The van der Waals surface area contributed by atoms with Crippen LogP contribution in [-0.4, -0.2) is 11.8 Å². The predicted octanol–water partition coefficient (Wildman–Crippen LogP) is 5.69. The topological polar surface area (TPSA) is 0 Å². The van der Waals surface area contributed by atoms with E-state index in [1.165, 1.54) is 24.3 Å². The molecule has 0 N–H and O–H groups in total. The average molecular weight is 394 g/mol. The van der Waals surface area contributed by atoms with E-state index < -0.39 is 5.41 Å². The van der Waals surface area contributed by atoms with E-state index in [4.69, 9.17) is 23.2 Å². The quantitative estimate of drug-likeness (QED) is 0.572. The molecule has 0 radical (unpaired) electrons. The highest BCUT2D eigenvalue weighted by molar-refractivity contribution is 9.10. The Labute approximate surface area is 141 Å². The van der Waals surface area contributed by atoms with Crippen LogP contribution in [0, 0.1) is 11.6 Å². The maximum Gasteiger partial charge on any atom is 0.123 e. The van der Waals surface area contributed by atoms with Crippen LogP contribution in [0.1, 0.15) is 11.1 Å². The molecule has 2 rings (SSSR count). The number of rotatable bonds is 5. The van der Waals surface area contributed by atoms with Gasteiger partial charge in [-0.1, -0.05) is 28.1 Å². The lowest BCUT2D eigenvalue weighted by atomic mass is 9.78. The monoisotopic (exact) mass is 392 g/mol. The summed E-state index contributed by atoms with van der Waals surface area (Å²) in [6.45, 7) is 0. The number of hydrogen-bond donors (Lipinski definition) is 0. The fourth-order valence-electron chi connectivity index (χ4n) is 2.23. The SMILES string of the molecule is Fc1ccc(C(CCl)(CCl)Cc2cc(F)ccc2Br)cc1. The van der Waals surface area contributed by atoms with Gasteiger partial charge in [0.2, 0.25) is 0 Å². The number of halogens is 5. The standard InChI is InChI=1S/C16H13BrCl2F2/c17-15-6-5-14(21)7-11(15)8-16(9-18,10-19)12-1-3-13(20)4-2-12/h1-7H,8-10H2. The Hall–Kier alpha value is -0.640. The van der Waals surface area contributed by atoms with Crippen LogP contribution in [-0.2, 0) is 11.8 Å². The van der Waals surface area contributed by atoms with Gasteiger partial charge >= 0.3 is 0 Å². The van der Waals surface area contributed by atoms with E-state index in [2.05, 4.69) is 15.9 Å². The zero-order valence-corrected chi connectivity index (χ0v) is 14.2.